The molecule has 4 heteroatoms. The second-order valence-corrected chi connectivity index (χ2v) is 9.67. The molecule has 0 saturated carbocycles. The predicted octanol–water partition coefficient (Wildman–Crippen LogP) is 3.35. The third-order valence-corrected chi connectivity index (χ3v) is 7.22. The van der Waals surface area contributed by atoms with Crippen molar-refractivity contribution in [2.45, 2.75) is 39.5 Å². The maximum Gasteiger partial charge on any atom is 0.292 e. The molecule has 2 aromatic carbocycles. The molecule has 3 aromatic heterocycles. The molecule has 0 bridgehead atoms. The summed E-state index contributed by atoms with van der Waals surface area (Å²) in [4.78, 5) is 2.55. The topological polar surface area (TPSA) is 11.8 Å². The zero-order valence-corrected chi connectivity index (χ0v) is 21.2. The number of fused-ring (bicyclic) bond motifs is 7. The zero-order chi connectivity index (χ0) is 21.1. The summed E-state index contributed by atoms with van der Waals surface area (Å²) in [6, 6.07) is 22.9. The van der Waals surface area contributed by atoms with Crippen LogP contribution in [0.25, 0.3) is 33.0 Å². The number of aromatic nitrogens is 2. The first-order valence-corrected chi connectivity index (χ1v) is 11.7. The minimum Gasteiger partial charge on any atom is -1.00 e. The van der Waals surface area contributed by atoms with E-state index in [4.69, 9.17) is 0 Å². The number of hydrogen-bond donors (Lipinski definition) is 0. The van der Waals surface area contributed by atoms with E-state index < -0.39 is 0 Å². The van der Waals surface area contributed by atoms with Gasteiger partial charge in [0, 0.05) is 35.6 Å². The van der Waals surface area contributed by atoms with Gasteiger partial charge < -0.3 is 28.9 Å². The molecule has 1 saturated heterocycles. The minimum atomic E-state index is 0. The first-order chi connectivity index (χ1) is 15.1. The van der Waals surface area contributed by atoms with E-state index >= 15 is 0 Å². The number of halogens is 1. The fraction of sp³-hybridized carbons (Fsp3) is 0.321. The Bertz CT molecular complexity index is 1440. The van der Waals surface area contributed by atoms with E-state index in [-0.39, 0.29) is 24.0 Å². The Morgan fingerprint density at radius 3 is 2.44 bits per heavy atom. The highest BCUT2D eigenvalue weighted by Crippen LogP contribution is 2.28. The summed E-state index contributed by atoms with van der Waals surface area (Å²) in [5.74, 6) is 1.39. The summed E-state index contributed by atoms with van der Waals surface area (Å²) in [6.07, 6.45) is 4.86. The van der Waals surface area contributed by atoms with Gasteiger partial charge in [0.2, 0.25) is 0 Å². The second-order valence-electron chi connectivity index (χ2n) is 9.67. The van der Waals surface area contributed by atoms with Crippen LogP contribution in [0.2, 0.25) is 0 Å². The molecule has 0 amide bonds. The van der Waals surface area contributed by atoms with Crippen LogP contribution in [-0.2, 0) is 0 Å². The Morgan fingerprint density at radius 2 is 1.66 bits per heavy atom. The molecule has 0 radical (unpaired) electrons. The molecule has 0 atom stereocenters. The lowest BCUT2D eigenvalue weighted by Gasteiger charge is -2.32. The molecule has 4 heterocycles. The maximum absolute atomic E-state index is 2.55. The predicted molar refractivity (Wildman–Crippen MR) is 130 cm³/mol. The van der Waals surface area contributed by atoms with E-state index in [1.165, 1.54) is 70.2 Å². The van der Waals surface area contributed by atoms with Crippen LogP contribution in [0.15, 0.2) is 66.9 Å². The minimum absolute atomic E-state index is 0. The van der Waals surface area contributed by atoms with Gasteiger partial charge in [0.05, 0.1) is 0 Å². The summed E-state index contributed by atoms with van der Waals surface area (Å²) in [6.45, 7) is 9.22. The summed E-state index contributed by atoms with van der Waals surface area (Å²) >= 11 is 0. The lowest BCUT2D eigenvalue weighted by Crippen LogP contribution is -3.00. The monoisotopic (exact) mass is 535 g/mol. The summed E-state index contributed by atoms with van der Waals surface area (Å²) in [5, 5.41) is 2.60. The summed E-state index contributed by atoms with van der Waals surface area (Å²) in [7, 11) is 0. The average Bonchev–Trinajstić information content (AvgIpc) is 3.18. The van der Waals surface area contributed by atoms with Gasteiger partial charge in [-0.2, -0.15) is 8.80 Å². The smallest absolute Gasteiger partial charge is 0.292 e. The van der Waals surface area contributed by atoms with Crippen molar-refractivity contribution in [3.05, 3.63) is 72.4 Å². The number of piperidine rings is 1. The van der Waals surface area contributed by atoms with Gasteiger partial charge in [0.25, 0.3) is 5.65 Å². The van der Waals surface area contributed by atoms with Crippen molar-refractivity contribution in [1.29, 1.82) is 0 Å². The van der Waals surface area contributed by atoms with Crippen molar-refractivity contribution in [1.82, 2.24) is 4.40 Å². The molecular formula is C28H30IN3. The van der Waals surface area contributed by atoms with Crippen molar-refractivity contribution < 1.29 is 28.4 Å². The highest BCUT2D eigenvalue weighted by atomic mass is 127. The molecular weight excluding hydrogens is 505 g/mol. The fourth-order valence-corrected chi connectivity index (χ4v) is 5.19. The number of nitrogens with zero attached hydrogens (tertiary/aromatic N) is 3. The fourth-order valence-electron chi connectivity index (χ4n) is 5.19. The van der Waals surface area contributed by atoms with Crippen molar-refractivity contribution in [3.63, 3.8) is 0 Å². The standard InChI is InChI=1S/C28H30N3.HI/c1-19(2)21-5-9-27-22(16-21)4-7-25-18-30-26-10-8-24(29-14-12-20(3)13-15-29)17-23(26)6-11-28(30)31(25)27;/h4-11,16-20H,12-15H2,1-3H3;1H/q+1;/p-1. The van der Waals surface area contributed by atoms with Crippen LogP contribution in [-0.4, -0.2) is 17.5 Å². The molecule has 1 aliphatic rings. The van der Waals surface area contributed by atoms with Gasteiger partial charge >= 0.3 is 0 Å². The molecule has 1 fully saturated rings. The molecule has 6 rings (SSSR count). The van der Waals surface area contributed by atoms with E-state index in [0.29, 0.717) is 5.92 Å². The highest BCUT2D eigenvalue weighted by molar-refractivity contribution is 5.87. The average molecular weight is 535 g/mol. The molecule has 5 aromatic rings. The first-order valence-electron chi connectivity index (χ1n) is 11.7. The summed E-state index contributed by atoms with van der Waals surface area (Å²) < 4.78 is 4.74. The second kappa shape index (κ2) is 8.22. The largest absolute Gasteiger partial charge is 1.00 e. The molecule has 164 valence electrons. The number of hydrogen-bond acceptors (Lipinski definition) is 1. The number of imidazole rings is 1. The number of pyridine rings is 2. The third-order valence-electron chi connectivity index (χ3n) is 7.22. The van der Waals surface area contributed by atoms with E-state index in [1.54, 1.807) is 0 Å². The van der Waals surface area contributed by atoms with Gasteiger partial charge in [0.15, 0.2) is 5.52 Å². The molecule has 0 spiro atoms. The van der Waals surface area contributed by atoms with Gasteiger partial charge in [-0.05, 0) is 78.8 Å². The van der Waals surface area contributed by atoms with Crippen LogP contribution in [0.5, 0.6) is 0 Å². The molecule has 0 unspecified atom stereocenters. The Morgan fingerprint density at radius 1 is 0.875 bits per heavy atom. The molecule has 0 N–H and O–H groups in total. The number of anilines is 1. The summed E-state index contributed by atoms with van der Waals surface area (Å²) in [5.41, 5.74) is 7.72. The van der Waals surface area contributed by atoms with Crippen molar-refractivity contribution in [2.75, 3.05) is 18.0 Å². The van der Waals surface area contributed by atoms with E-state index in [9.17, 15) is 0 Å². The van der Waals surface area contributed by atoms with Crippen LogP contribution in [0.1, 0.15) is 45.1 Å². The van der Waals surface area contributed by atoms with Crippen LogP contribution in [0, 0.1) is 5.92 Å². The number of benzene rings is 2. The lowest BCUT2D eigenvalue weighted by atomic mass is 9.98. The van der Waals surface area contributed by atoms with Gasteiger partial charge in [0.1, 0.15) is 17.2 Å². The maximum atomic E-state index is 2.55. The lowest BCUT2D eigenvalue weighted by molar-refractivity contribution is -0.479. The van der Waals surface area contributed by atoms with Crippen molar-refractivity contribution in [2.24, 2.45) is 5.92 Å². The van der Waals surface area contributed by atoms with Crippen molar-refractivity contribution in [3.8, 4) is 0 Å². The molecule has 32 heavy (non-hydrogen) atoms. The molecule has 0 aliphatic carbocycles. The Kier molecular flexibility index (Phi) is 5.52. The highest BCUT2D eigenvalue weighted by Gasteiger charge is 2.19. The van der Waals surface area contributed by atoms with Gasteiger partial charge in [-0.3, -0.25) is 0 Å². The van der Waals surface area contributed by atoms with E-state index in [1.807, 2.05) is 0 Å². The van der Waals surface area contributed by atoms with Gasteiger partial charge in [-0.25, -0.2) is 0 Å². The van der Waals surface area contributed by atoms with Gasteiger partial charge in [-0.1, -0.05) is 26.8 Å². The number of rotatable bonds is 2. The SMILES string of the molecule is CC1CCN(c2ccc3c(ccc4n5c(ccc6cc(C(C)C)ccc65)c[n+]34)c2)CC1.[I-]. The Hall–Kier alpha value is -2.34. The van der Waals surface area contributed by atoms with Crippen LogP contribution < -0.4 is 33.3 Å². The molecule has 1 aliphatic heterocycles. The van der Waals surface area contributed by atoms with Crippen molar-refractivity contribution >= 4 is 38.7 Å². The first kappa shape index (κ1) is 21.5. The quantitative estimate of drug-likeness (QED) is 0.250. The Labute approximate surface area is 206 Å². The normalized spacial score (nSPS) is 15.3. The van der Waals surface area contributed by atoms with E-state index in [0.717, 1.165) is 5.92 Å². The molecule has 3 nitrogen and oxygen atoms in total. The van der Waals surface area contributed by atoms with Crippen LogP contribution in [0.4, 0.5) is 5.69 Å². The Balaban J connectivity index is 0.00000216. The van der Waals surface area contributed by atoms with Crippen LogP contribution in [0.3, 0.4) is 0 Å². The van der Waals surface area contributed by atoms with Gasteiger partial charge in [-0.15, -0.1) is 0 Å². The van der Waals surface area contributed by atoms with Crippen LogP contribution >= 0.6 is 0 Å². The van der Waals surface area contributed by atoms with E-state index in [2.05, 4.69) is 101 Å². The zero-order valence-electron chi connectivity index (χ0n) is 19.1. The third kappa shape index (κ3) is 3.43.